The molecule has 0 aliphatic heterocycles. The molecule has 0 atom stereocenters. The fraction of sp³-hybridized carbons (Fsp3) is 0. The van der Waals surface area contributed by atoms with Gasteiger partial charge >= 0.3 is 0 Å². The lowest BCUT2D eigenvalue weighted by molar-refractivity contribution is -0.383. The molecule has 0 saturated carbocycles. The van der Waals surface area contributed by atoms with Crippen molar-refractivity contribution in [2.24, 2.45) is 10.3 Å². The third-order valence-electron chi connectivity index (χ3n) is 4.50. The Kier molecular flexibility index (Phi) is 4.54. The van der Waals surface area contributed by atoms with E-state index in [1.165, 1.54) is 18.2 Å². The van der Waals surface area contributed by atoms with Gasteiger partial charge in [-0.1, -0.05) is 41.6 Å². The average molecular weight is 387 g/mol. The average Bonchev–Trinajstić information content (AvgIpc) is 2.73. The summed E-state index contributed by atoms with van der Waals surface area (Å²) < 4.78 is 0. The molecule has 4 aromatic rings. The van der Waals surface area contributed by atoms with Gasteiger partial charge in [0, 0.05) is 22.9 Å². The summed E-state index contributed by atoms with van der Waals surface area (Å²) in [7, 11) is 0. The molecule has 9 heteroatoms. The molecule has 0 unspecified atom stereocenters. The van der Waals surface area contributed by atoms with Crippen LogP contribution in [0.3, 0.4) is 0 Å². The summed E-state index contributed by atoms with van der Waals surface area (Å²) >= 11 is 0. The van der Waals surface area contributed by atoms with Gasteiger partial charge in [0.05, 0.1) is 32.0 Å². The summed E-state index contributed by atoms with van der Waals surface area (Å²) in [5.74, 6) is 0. The molecule has 142 valence electrons. The molecule has 9 nitrogen and oxygen atoms in total. The number of nitro benzene ring substituents is 2. The van der Waals surface area contributed by atoms with Crippen molar-refractivity contribution in [2.75, 3.05) is 5.43 Å². The Bertz CT molecular complexity index is 1300. The molecule has 0 heterocycles. The first-order valence-corrected chi connectivity index (χ1v) is 8.55. The second kappa shape index (κ2) is 7.31. The third-order valence-corrected chi connectivity index (χ3v) is 4.50. The summed E-state index contributed by atoms with van der Waals surface area (Å²) in [5, 5.41) is 32.8. The molecule has 0 aliphatic carbocycles. The van der Waals surface area contributed by atoms with Crippen molar-refractivity contribution in [1.29, 1.82) is 0 Å². The second-order valence-corrected chi connectivity index (χ2v) is 6.15. The minimum atomic E-state index is -0.440. The molecule has 0 fully saturated rings. The number of hydrogen-bond acceptors (Lipinski definition) is 6. The Balaban J connectivity index is 1.70. The SMILES string of the molecule is O=[N+]([O-])c1ccc(N=NNc2ccc([N+](=O)[O-])c3ccccc23)c2ccccc12. The maximum Gasteiger partial charge on any atom is 0.277 e. The number of non-ortho nitro benzene ring substituents is 2. The second-order valence-electron chi connectivity index (χ2n) is 6.15. The number of benzene rings is 4. The molecular weight excluding hydrogens is 374 g/mol. The van der Waals surface area contributed by atoms with Gasteiger partial charge in [0.25, 0.3) is 11.4 Å². The topological polar surface area (TPSA) is 123 Å². The van der Waals surface area contributed by atoms with Gasteiger partial charge in [-0.2, -0.15) is 0 Å². The van der Waals surface area contributed by atoms with E-state index in [0.717, 1.165) is 0 Å². The van der Waals surface area contributed by atoms with Crippen LogP contribution in [0.5, 0.6) is 0 Å². The number of nitrogens with zero attached hydrogens (tertiary/aromatic N) is 4. The zero-order valence-corrected chi connectivity index (χ0v) is 14.9. The molecule has 0 radical (unpaired) electrons. The van der Waals surface area contributed by atoms with Gasteiger partial charge in [0.15, 0.2) is 0 Å². The fourth-order valence-corrected chi connectivity index (χ4v) is 3.19. The van der Waals surface area contributed by atoms with Crippen molar-refractivity contribution in [3.8, 4) is 0 Å². The van der Waals surface area contributed by atoms with Crippen molar-refractivity contribution >= 4 is 44.3 Å². The van der Waals surface area contributed by atoms with E-state index >= 15 is 0 Å². The number of rotatable bonds is 5. The monoisotopic (exact) mass is 387 g/mol. The van der Waals surface area contributed by atoms with Gasteiger partial charge in [-0.25, -0.2) is 0 Å². The van der Waals surface area contributed by atoms with E-state index in [2.05, 4.69) is 15.8 Å². The van der Waals surface area contributed by atoms with Crippen molar-refractivity contribution in [2.45, 2.75) is 0 Å². The van der Waals surface area contributed by atoms with Crippen LogP contribution in [-0.2, 0) is 0 Å². The smallest absolute Gasteiger partial charge is 0.259 e. The van der Waals surface area contributed by atoms with E-state index < -0.39 is 9.85 Å². The van der Waals surface area contributed by atoms with Crippen LogP contribution in [0.2, 0.25) is 0 Å². The van der Waals surface area contributed by atoms with Crippen LogP contribution in [0.15, 0.2) is 83.1 Å². The Labute approximate surface area is 163 Å². The number of fused-ring (bicyclic) bond motifs is 2. The van der Waals surface area contributed by atoms with Gasteiger partial charge < -0.3 is 0 Å². The van der Waals surface area contributed by atoms with Gasteiger partial charge in [0.2, 0.25) is 0 Å². The molecule has 4 aromatic carbocycles. The van der Waals surface area contributed by atoms with Crippen LogP contribution in [0.1, 0.15) is 0 Å². The summed E-state index contributed by atoms with van der Waals surface area (Å²) in [5.41, 5.74) is 3.82. The first-order valence-electron chi connectivity index (χ1n) is 8.55. The van der Waals surface area contributed by atoms with Crippen LogP contribution in [0.4, 0.5) is 22.7 Å². The molecule has 0 aliphatic rings. The third kappa shape index (κ3) is 3.32. The van der Waals surface area contributed by atoms with Gasteiger partial charge in [-0.15, -0.1) is 5.11 Å². The number of nitrogens with one attached hydrogen (secondary N) is 1. The molecule has 0 spiro atoms. The lowest BCUT2D eigenvalue weighted by atomic mass is 10.1. The van der Waals surface area contributed by atoms with Crippen molar-refractivity contribution in [1.82, 2.24) is 0 Å². The molecule has 0 bridgehead atoms. The van der Waals surface area contributed by atoms with Crippen molar-refractivity contribution in [3.05, 3.63) is 93.0 Å². The first-order chi connectivity index (χ1) is 14.1. The Hall–Kier alpha value is -4.40. The van der Waals surface area contributed by atoms with Crippen LogP contribution < -0.4 is 5.43 Å². The summed E-state index contributed by atoms with van der Waals surface area (Å²) in [6.45, 7) is 0. The first kappa shape index (κ1) is 18.0. The molecule has 0 amide bonds. The molecular formula is C20H13N5O4. The normalized spacial score (nSPS) is 11.2. The van der Waals surface area contributed by atoms with E-state index in [0.29, 0.717) is 32.9 Å². The number of nitro groups is 2. The highest BCUT2D eigenvalue weighted by molar-refractivity contribution is 6.00. The fourth-order valence-electron chi connectivity index (χ4n) is 3.19. The van der Waals surface area contributed by atoms with Crippen LogP contribution in [0.25, 0.3) is 21.5 Å². The maximum atomic E-state index is 11.2. The van der Waals surface area contributed by atoms with E-state index in [1.807, 2.05) is 0 Å². The van der Waals surface area contributed by atoms with Gasteiger partial charge in [-0.05, 0) is 24.3 Å². The minimum Gasteiger partial charge on any atom is -0.259 e. The highest BCUT2D eigenvalue weighted by Gasteiger charge is 2.15. The van der Waals surface area contributed by atoms with Gasteiger partial charge in [-0.3, -0.25) is 25.7 Å². The predicted octanol–water partition coefficient (Wildman–Crippen LogP) is 5.92. The predicted molar refractivity (Wildman–Crippen MR) is 109 cm³/mol. The molecule has 0 aromatic heterocycles. The van der Waals surface area contributed by atoms with Crippen LogP contribution >= 0.6 is 0 Å². The molecule has 1 N–H and O–H groups in total. The highest BCUT2D eigenvalue weighted by Crippen LogP contribution is 2.34. The summed E-state index contributed by atoms with van der Waals surface area (Å²) in [4.78, 5) is 21.6. The minimum absolute atomic E-state index is 0.00412. The van der Waals surface area contributed by atoms with Crippen LogP contribution in [-0.4, -0.2) is 9.85 Å². The van der Waals surface area contributed by atoms with Crippen LogP contribution in [0, 0.1) is 20.2 Å². The summed E-state index contributed by atoms with van der Waals surface area (Å²) in [6.07, 6.45) is 0. The summed E-state index contributed by atoms with van der Waals surface area (Å²) in [6, 6.07) is 19.7. The quantitative estimate of drug-likeness (QED) is 0.259. The zero-order valence-electron chi connectivity index (χ0n) is 14.9. The van der Waals surface area contributed by atoms with Crippen molar-refractivity contribution < 1.29 is 9.85 Å². The van der Waals surface area contributed by atoms with E-state index in [-0.39, 0.29) is 11.4 Å². The largest absolute Gasteiger partial charge is 0.277 e. The highest BCUT2D eigenvalue weighted by atomic mass is 16.6. The zero-order chi connectivity index (χ0) is 20.4. The Morgan fingerprint density at radius 2 is 1.17 bits per heavy atom. The maximum absolute atomic E-state index is 11.2. The van der Waals surface area contributed by atoms with E-state index in [9.17, 15) is 20.2 Å². The lowest BCUT2D eigenvalue weighted by Gasteiger charge is -2.06. The lowest BCUT2D eigenvalue weighted by Crippen LogP contribution is -1.93. The molecule has 4 rings (SSSR count). The molecule has 0 saturated heterocycles. The van der Waals surface area contributed by atoms with Crippen molar-refractivity contribution in [3.63, 3.8) is 0 Å². The Morgan fingerprint density at radius 3 is 1.79 bits per heavy atom. The Morgan fingerprint density at radius 1 is 0.655 bits per heavy atom. The number of anilines is 1. The standard InChI is InChI=1S/C20H13N5O4/c26-24(27)19-11-9-17(13-5-1-3-7-15(13)19)21-23-22-18-10-12-20(25(28)29)16-8-4-2-6-14(16)18/h1-12H,(H,21,22). The van der Waals surface area contributed by atoms with E-state index in [4.69, 9.17) is 0 Å². The van der Waals surface area contributed by atoms with E-state index in [1.54, 1.807) is 54.6 Å². The number of hydrogen-bond donors (Lipinski definition) is 1. The molecule has 29 heavy (non-hydrogen) atoms. The van der Waals surface area contributed by atoms with Gasteiger partial charge in [0.1, 0.15) is 0 Å².